The number of allylic oxidation sites excluding steroid dienone is 3. The van der Waals surface area contributed by atoms with E-state index in [1.54, 1.807) is 13.0 Å². The highest BCUT2D eigenvalue weighted by molar-refractivity contribution is 5.87. The predicted octanol–water partition coefficient (Wildman–Crippen LogP) is 2.85. The summed E-state index contributed by atoms with van der Waals surface area (Å²) in [4.78, 5) is 11.1. The minimum absolute atomic E-state index is 0.206. The Morgan fingerprint density at radius 3 is 2.62 bits per heavy atom. The fourth-order valence-corrected chi connectivity index (χ4v) is 0.764. The third-order valence-electron chi connectivity index (χ3n) is 1.74. The van der Waals surface area contributed by atoms with Crippen LogP contribution in [-0.2, 0) is 9.53 Å². The zero-order valence-corrected chi connectivity index (χ0v) is 8.67. The fourth-order valence-electron chi connectivity index (χ4n) is 0.764. The van der Waals surface area contributed by atoms with Crippen LogP contribution in [0.25, 0.3) is 0 Å². The highest BCUT2D eigenvalue weighted by Gasteiger charge is 2.02. The number of hydrogen-bond acceptors (Lipinski definition) is 2. The van der Waals surface area contributed by atoms with Crippen LogP contribution in [0.1, 0.15) is 33.6 Å². The molecule has 0 aliphatic carbocycles. The molecule has 0 radical (unpaired) electrons. The van der Waals surface area contributed by atoms with Crippen LogP contribution in [0.15, 0.2) is 23.8 Å². The van der Waals surface area contributed by atoms with E-state index in [0.29, 0.717) is 12.2 Å². The molecule has 0 rings (SSSR count). The Hall–Kier alpha value is -1.05. The van der Waals surface area contributed by atoms with Gasteiger partial charge in [-0.3, -0.25) is 0 Å². The van der Waals surface area contributed by atoms with Gasteiger partial charge in [0.1, 0.15) is 0 Å². The standard InChI is InChI=1S/C11H18O2/c1-4-6-7-8-9-13-11(12)10(3)5-2/h4-6H,7-9H2,1-3H3/b6-4+,10-5+. The van der Waals surface area contributed by atoms with Gasteiger partial charge in [-0.2, -0.15) is 0 Å². The molecule has 0 spiro atoms. The highest BCUT2D eigenvalue weighted by Crippen LogP contribution is 1.98. The summed E-state index contributed by atoms with van der Waals surface area (Å²) in [5.41, 5.74) is 0.672. The van der Waals surface area contributed by atoms with E-state index in [-0.39, 0.29) is 5.97 Å². The van der Waals surface area contributed by atoms with E-state index in [0.717, 1.165) is 12.8 Å². The molecule has 0 aromatic carbocycles. The lowest BCUT2D eigenvalue weighted by Gasteiger charge is -2.02. The molecule has 2 heteroatoms. The van der Waals surface area contributed by atoms with Gasteiger partial charge in [0.05, 0.1) is 6.61 Å². The van der Waals surface area contributed by atoms with Gasteiger partial charge in [0.25, 0.3) is 0 Å². The van der Waals surface area contributed by atoms with Crippen LogP contribution in [0.4, 0.5) is 0 Å². The number of ether oxygens (including phenoxy) is 1. The first kappa shape index (κ1) is 11.9. The summed E-state index contributed by atoms with van der Waals surface area (Å²) in [6.45, 7) is 6.08. The molecule has 0 saturated carbocycles. The number of esters is 1. The van der Waals surface area contributed by atoms with Crippen molar-refractivity contribution in [2.45, 2.75) is 33.6 Å². The molecular weight excluding hydrogens is 164 g/mol. The van der Waals surface area contributed by atoms with Gasteiger partial charge < -0.3 is 4.74 Å². The Labute approximate surface area is 80.3 Å². The zero-order valence-electron chi connectivity index (χ0n) is 8.67. The number of carbonyl (C=O) groups is 1. The Bertz CT molecular complexity index is 202. The largest absolute Gasteiger partial charge is 0.462 e. The average Bonchev–Trinajstić information content (AvgIpc) is 2.16. The van der Waals surface area contributed by atoms with E-state index in [9.17, 15) is 4.79 Å². The molecule has 0 aliphatic heterocycles. The smallest absolute Gasteiger partial charge is 0.333 e. The summed E-state index contributed by atoms with van der Waals surface area (Å²) in [6.07, 6.45) is 7.69. The van der Waals surface area contributed by atoms with E-state index >= 15 is 0 Å². The quantitative estimate of drug-likeness (QED) is 0.283. The van der Waals surface area contributed by atoms with Gasteiger partial charge >= 0.3 is 5.97 Å². The van der Waals surface area contributed by atoms with Crippen molar-refractivity contribution in [1.82, 2.24) is 0 Å². The van der Waals surface area contributed by atoms with Crippen LogP contribution in [0.3, 0.4) is 0 Å². The minimum atomic E-state index is -0.206. The Morgan fingerprint density at radius 2 is 2.08 bits per heavy atom. The normalized spacial score (nSPS) is 12.1. The summed E-state index contributed by atoms with van der Waals surface area (Å²) in [5, 5.41) is 0. The first-order valence-corrected chi connectivity index (χ1v) is 4.63. The number of hydrogen-bond donors (Lipinski definition) is 0. The molecule has 0 amide bonds. The predicted molar refractivity (Wildman–Crippen MR) is 54.4 cm³/mol. The molecule has 0 atom stereocenters. The van der Waals surface area contributed by atoms with Crippen LogP contribution in [0.2, 0.25) is 0 Å². The number of carbonyl (C=O) groups excluding carboxylic acids is 1. The molecule has 0 N–H and O–H groups in total. The number of unbranched alkanes of at least 4 members (excludes halogenated alkanes) is 1. The lowest BCUT2D eigenvalue weighted by molar-refractivity contribution is -0.139. The van der Waals surface area contributed by atoms with E-state index in [4.69, 9.17) is 4.74 Å². The molecule has 0 heterocycles. The second kappa shape index (κ2) is 7.59. The Kier molecular flexibility index (Phi) is 6.98. The van der Waals surface area contributed by atoms with Crippen molar-refractivity contribution in [3.63, 3.8) is 0 Å². The van der Waals surface area contributed by atoms with Crippen LogP contribution < -0.4 is 0 Å². The van der Waals surface area contributed by atoms with E-state index in [1.165, 1.54) is 0 Å². The Morgan fingerprint density at radius 1 is 1.38 bits per heavy atom. The minimum Gasteiger partial charge on any atom is -0.462 e. The second-order valence-corrected chi connectivity index (χ2v) is 2.82. The van der Waals surface area contributed by atoms with E-state index < -0.39 is 0 Å². The third kappa shape index (κ3) is 6.14. The van der Waals surface area contributed by atoms with Crippen LogP contribution in [0.5, 0.6) is 0 Å². The third-order valence-corrected chi connectivity index (χ3v) is 1.74. The summed E-state index contributed by atoms with van der Waals surface area (Å²) < 4.78 is 5.00. The van der Waals surface area contributed by atoms with Crippen molar-refractivity contribution in [2.24, 2.45) is 0 Å². The first-order chi connectivity index (χ1) is 6.22. The molecule has 13 heavy (non-hydrogen) atoms. The summed E-state index contributed by atoms with van der Waals surface area (Å²) in [6, 6.07) is 0. The zero-order chi connectivity index (χ0) is 10.1. The van der Waals surface area contributed by atoms with Crippen molar-refractivity contribution in [1.29, 1.82) is 0 Å². The van der Waals surface area contributed by atoms with Crippen molar-refractivity contribution in [3.8, 4) is 0 Å². The molecule has 0 saturated heterocycles. The lowest BCUT2D eigenvalue weighted by atomic mass is 10.3. The molecule has 0 unspecified atom stereocenters. The van der Waals surface area contributed by atoms with Gasteiger partial charge in [0.2, 0.25) is 0 Å². The van der Waals surface area contributed by atoms with Gasteiger partial charge in [-0.25, -0.2) is 4.79 Å². The van der Waals surface area contributed by atoms with Gasteiger partial charge in [-0.15, -0.1) is 0 Å². The monoisotopic (exact) mass is 182 g/mol. The maximum atomic E-state index is 11.1. The molecule has 2 nitrogen and oxygen atoms in total. The van der Waals surface area contributed by atoms with Crippen LogP contribution in [-0.4, -0.2) is 12.6 Å². The SMILES string of the molecule is C/C=C/CCCOC(=O)/C(C)=C/C. The second-order valence-electron chi connectivity index (χ2n) is 2.82. The van der Waals surface area contributed by atoms with Crippen LogP contribution >= 0.6 is 0 Å². The van der Waals surface area contributed by atoms with Crippen molar-refractivity contribution in [2.75, 3.05) is 6.61 Å². The Balaban J connectivity index is 3.49. The lowest BCUT2D eigenvalue weighted by Crippen LogP contribution is -2.06. The fraction of sp³-hybridized carbons (Fsp3) is 0.545. The van der Waals surface area contributed by atoms with Crippen LogP contribution in [0, 0.1) is 0 Å². The summed E-state index contributed by atoms with van der Waals surface area (Å²) in [7, 11) is 0. The van der Waals surface area contributed by atoms with Gasteiger partial charge in [0, 0.05) is 5.57 Å². The molecule has 0 aromatic rings. The maximum absolute atomic E-state index is 11.1. The van der Waals surface area contributed by atoms with Crippen molar-refractivity contribution >= 4 is 5.97 Å². The maximum Gasteiger partial charge on any atom is 0.333 e. The average molecular weight is 182 g/mol. The first-order valence-electron chi connectivity index (χ1n) is 4.63. The molecular formula is C11H18O2. The van der Waals surface area contributed by atoms with Gasteiger partial charge in [-0.05, 0) is 33.6 Å². The van der Waals surface area contributed by atoms with E-state index in [1.807, 2.05) is 19.9 Å². The highest BCUT2D eigenvalue weighted by atomic mass is 16.5. The molecule has 0 aliphatic rings. The summed E-state index contributed by atoms with van der Waals surface area (Å²) >= 11 is 0. The van der Waals surface area contributed by atoms with Crippen molar-refractivity contribution in [3.05, 3.63) is 23.8 Å². The molecule has 74 valence electrons. The van der Waals surface area contributed by atoms with Gasteiger partial charge in [-0.1, -0.05) is 18.2 Å². The summed E-state index contributed by atoms with van der Waals surface area (Å²) in [5.74, 6) is -0.206. The molecule has 0 fully saturated rings. The van der Waals surface area contributed by atoms with Gasteiger partial charge in [0.15, 0.2) is 0 Å². The molecule has 0 aromatic heterocycles. The van der Waals surface area contributed by atoms with E-state index in [2.05, 4.69) is 6.08 Å². The van der Waals surface area contributed by atoms with Crippen molar-refractivity contribution < 1.29 is 9.53 Å². The number of rotatable bonds is 5. The molecule has 0 bridgehead atoms. The topological polar surface area (TPSA) is 26.3 Å².